The molecule has 0 fully saturated rings. The summed E-state index contributed by atoms with van der Waals surface area (Å²) in [6.07, 6.45) is 4.93. The zero-order valence-corrected chi connectivity index (χ0v) is 13.2. The molecule has 0 aliphatic carbocycles. The molecule has 0 spiro atoms. The van der Waals surface area contributed by atoms with E-state index in [1.54, 1.807) is 0 Å². The van der Waals surface area contributed by atoms with Crippen molar-refractivity contribution in [3.63, 3.8) is 0 Å². The second-order valence-corrected chi connectivity index (χ2v) is 5.66. The van der Waals surface area contributed by atoms with Gasteiger partial charge in [-0.05, 0) is 37.1 Å². The summed E-state index contributed by atoms with van der Waals surface area (Å²) in [6, 6.07) is 6.58. The van der Waals surface area contributed by atoms with Crippen molar-refractivity contribution in [2.24, 2.45) is 7.05 Å². The summed E-state index contributed by atoms with van der Waals surface area (Å²) in [5.41, 5.74) is 2.48. The molecule has 1 aromatic carbocycles. The van der Waals surface area contributed by atoms with Crippen LogP contribution in [0.15, 0.2) is 35.1 Å². The molecule has 0 bridgehead atoms. The Labute approximate surface area is 123 Å². The third kappa shape index (κ3) is 3.25. The number of aromatic nitrogens is 2. The minimum absolute atomic E-state index is 0.120. The van der Waals surface area contributed by atoms with Crippen molar-refractivity contribution in [3.8, 4) is 0 Å². The minimum atomic E-state index is 0.120. The highest BCUT2D eigenvalue weighted by Crippen LogP contribution is 2.28. The molecule has 0 aliphatic heterocycles. The van der Waals surface area contributed by atoms with Crippen LogP contribution in [0.5, 0.6) is 0 Å². The molecule has 0 radical (unpaired) electrons. The van der Waals surface area contributed by atoms with E-state index < -0.39 is 0 Å². The quantitative estimate of drug-likeness (QED) is 0.912. The monoisotopic (exact) mass is 321 g/mol. The molecule has 1 aromatic heterocycles. The maximum atomic E-state index is 4.49. The Morgan fingerprint density at radius 1 is 1.42 bits per heavy atom. The van der Waals surface area contributed by atoms with E-state index in [0.29, 0.717) is 0 Å². The molecule has 2 rings (SSSR count). The summed E-state index contributed by atoms with van der Waals surface area (Å²) in [5.74, 6) is 1.04. The maximum Gasteiger partial charge on any atom is 0.130 e. The zero-order chi connectivity index (χ0) is 13.8. The van der Waals surface area contributed by atoms with Crippen LogP contribution in [0.1, 0.15) is 36.3 Å². The van der Waals surface area contributed by atoms with E-state index in [-0.39, 0.29) is 6.04 Å². The molecule has 0 saturated heterocycles. The van der Waals surface area contributed by atoms with Crippen molar-refractivity contribution < 1.29 is 0 Å². The van der Waals surface area contributed by atoms with Crippen LogP contribution in [0, 0.1) is 6.92 Å². The van der Waals surface area contributed by atoms with Gasteiger partial charge in [-0.15, -0.1) is 0 Å². The lowest BCUT2D eigenvalue weighted by Gasteiger charge is -2.20. The first kappa shape index (κ1) is 14.3. The number of imidazole rings is 1. The molecule has 1 heterocycles. The molecule has 0 amide bonds. The van der Waals surface area contributed by atoms with Crippen LogP contribution in [0.2, 0.25) is 0 Å². The van der Waals surface area contributed by atoms with Crippen molar-refractivity contribution in [2.75, 3.05) is 6.54 Å². The third-order valence-corrected chi connectivity index (χ3v) is 3.87. The van der Waals surface area contributed by atoms with Crippen LogP contribution in [-0.2, 0) is 7.05 Å². The molecule has 4 heteroatoms. The Morgan fingerprint density at radius 2 is 2.21 bits per heavy atom. The zero-order valence-electron chi connectivity index (χ0n) is 11.7. The van der Waals surface area contributed by atoms with E-state index in [1.807, 2.05) is 19.4 Å². The van der Waals surface area contributed by atoms with Gasteiger partial charge in [-0.1, -0.05) is 35.0 Å². The largest absolute Gasteiger partial charge is 0.336 e. The first-order chi connectivity index (χ1) is 9.13. The van der Waals surface area contributed by atoms with Gasteiger partial charge in [-0.3, -0.25) is 0 Å². The van der Waals surface area contributed by atoms with Gasteiger partial charge < -0.3 is 9.88 Å². The van der Waals surface area contributed by atoms with Gasteiger partial charge in [-0.25, -0.2) is 4.98 Å². The third-order valence-electron chi connectivity index (χ3n) is 3.18. The Kier molecular flexibility index (Phi) is 4.77. The Balaban J connectivity index is 2.40. The van der Waals surface area contributed by atoms with Gasteiger partial charge in [0.2, 0.25) is 0 Å². The Morgan fingerprint density at radius 3 is 2.79 bits per heavy atom. The van der Waals surface area contributed by atoms with E-state index in [4.69, 9.17) is 0 Å². The highest BCUT2D eigenvalue weighted by atomic mass is 79.9. The summed E-state index contributed by atoms with van der Waals surface area (Å²) >= 11 is 3.67. The Bertz CT molecular complexity index is 548. The lowest BCUT2D eigenvalue weighted by molar-refractivity contribution is 0.554. The summed E-state index contributed by atoms with van der Waals surface area (Å²) < 4.78 is 3.20. The maximum absolute atomic E-state index is 4.49. The summed E-state index contributed by atoms with van der Waals surface area (Å²) in [5, 5.41) is 3.58. The number of hydrogen-bond donors (Lipinski definition) is 1. The highest BCUT2D eigenvalue weighted by molar-refractivity contribution is 9.10. The first-order valence-electron chi connectivity index (χ1n) is 6.60. The summed E-state index contributed by atoms with van der Waals surface area (Å²) in [4.78, 5) is 4.49. The fourth-order valence-electron chi connectivity index (χ4n) is 2.15. The number of aryl methyl sites for hydroxylation is 2. The molecular weight excluding hydrogens is 302 g/mol. The molecule has 3 nitrogen and oxygen atoms in total. The lowest BCUT2D eigenvalue weighted by Crippen LogP contribution is -2.26. The van der Waals surface area contributed by atoms with Crippen molar-refractivity contribution in [3.05, 3.63) is 52.0 Å². The average molecular weight is 322 g/mol. The van der Waals surface area contributed by atoms with Crippen LogP contribution in [0.4, 0.5) is 0 Å². The van der Waals surface area contributed by atoms with Crippen LogP contribution in [0.3, 0.4) is 0 Å². The SMILES string of the molecule is CCCNC(c1ccc(C)cc1Br)c1nccn1C. The van der Waals surface area contributed by atoms with Gasteiger partial charge in [0.05, 0.1) is 6.04 Å². The molecular formula is C15H20BrN3. The fourth-order valence-corrected chi connectivity index (χ4v) is 2.87. The smallest absolute Gasteiger partial charge is 0.130 e. The summed E-state index contributed by atoms with van der Waals surface area (Å²) in [7, 11) is 2.03. The minimum Gasteiger partial charge on any atom is -0.336 e. The van der Waals surface area contributed by atoms with Gasteiger partial charge in [-0.2, -0.15) is 0 Å². The number of nitrogens with zero attached hydrogens (tertiary/aromatic N) is 2. The molecule has 0 saturated carbocycles. The number of hydrogen-bond acceptors (Lipinski definition) is 2. The predicted octanol–water partition coefficient (Wildman–Crippen LogP) is 3.58. The van der Waals surface area contributed by atoms with Crippen molar-refractivity contribution in [1.82, 2.24) is 14.9 Å². The van der Waals surface area contributed by atoms with E-state index in [0.717, 1.165) is 23.3 Å². The second-order valence-electron chi connectivity index (χ2n) is 4.81. The Hall–Kier alpha value is -1.13. The number of nitrogens with one attached hydrogen (secondary N) is 1. The van der Waals surface area contributed by atoms with Crippen molar-refractivity contribution >= 4 is 15.9 Å². The second kappa shape index (κ2) is 6.35. The normalized spacial score (nSPS) is 12.6. The van der Waals surface area contributed by atoms with Gasteiger partial charge in [0.15, 0.2) is 0 Å². The van der Waals surface area contributed by atoms with E-state index in [9.17, 15) is 0 Å². The highest BCUT2D eigenvalue weighted by Gasteiger charge is 2.19. The van der Waals surface area contributed by atoms with Gasteiger partial charge in [0.25, 0.3) is 0 Å². The van der Waals surface area contributed by atoms with Crippen LogP contribution < -0.4 is 5.32 Å². The van der Waals surface area contributed by atoms with Gasteiger partial charge in [0.1, 0.15) is 5.82 Å². The molecule has 2 aromatic rings. The van der Waals surface area contributed by atoms with Crippen molar-refractivity contribution in [1.29, 1.82) is 0 Å². The van der Waals surface area contributed by atoms with Gasteiger partial charge in [0, 0.05) is 23.9 Å². The van der Waals surface area contributed by atoms with E-state index in [2.05, 4.69) is 62.8 Å². The van der Waals surface area contributed by atoms with Gasteiger partial charge >= 0.3 is 0 Å². The number of rotatable bonds is 5. The van der Waals surface area contributed by atoms with E-state index in [1.165, 1.54) is 11.1 Å². The molecule has 1 unspecified atom stereocenters. The topological polar surface area (TPSA) is 29.9 Å². The number of halogens is 1. The summed E-state index contributed by atoms with van der Waals surface area (Å²) in [6.45, 7) is 5.24. The fraction of sp³-hybridized carbons (Fsp3) is 0.400. The van der Waals surface area contributed by atoms with Crippen molar-refractivity contribution in [2.45, 2.75) is 26.3 Å². The van der Waals surface area contributed by atoms with E-state index >= 15 is 0 Å². The lowest BCUT2D eigenvalue weighted by atomic mass is 10.0. The molecule has 1 atom stereocenters. The van der Waals surface area contributed by atoms with Crippen LogP contribution >= 0.6 is 15.9 Å². The molecule has 19 heavy (non-hydrogen) atoms. The number of benzene rings is 1. The predicted molar refractivity (Wildman–Crippen MR) is 82.2 cm³/mol. The van der Waals surface area contributed by atoms with Crippen LogP contribution in [-0.4, -0.2) is 16.1 Å². The first-order valence-corrected chi connectivity index (χ1v) is 7.39. The molecule has 102 valence electrons. The molecule has 0 aliphatic rings. The van der Waals surface area contributed by atoms with Crippen LogP contribution in [0.25, 0.3) is 0 Å². The average Bonchev–Trinajstić information content (AvgIpc) is 2.78. The molecule has 1 N–H and O–H groups in total. The standard InChI is InChI=1S/C15H20BrN3/c1-4-7-17-14(15-18-8-9-19(15)3)12-6-5-11(2)10-13(12)16/h5-6,8-10,14,17H,4,7H2,1-3H3.